The highest BCUT2D eigenvalue weighted by Crippen LogP contribution is 2.41. The first-order chi connectivity index (χ1) is 41.1. The molecule has 18 N–H and O–H groups in total. The fourth-order valence-electron chi connectivity index (χ4n) is 12.3. The number of nitrogens with one attached hydrogen (secondary N) is 5. The van der Waals surface area contributed by atoms with Crippen LogP contribution < -0.4 is 55.3 Å². The van der Waals surface area contributed by atoms with Crippen molar-refractivity contribution in [1.82, 2.24) is 46.2 Å². The van der Waals surface area contributed by atoms with E-state index in [2.05, 4.69) is 36.6 Å². The summed E-state index contributed by atoms with van der Waals surface area (Å²) < 4.78 is 0. The van der Waals surface area contributed by atoms with Crippen molar-refractivity contribution in [2.45, 2.75) is 170 Å². The van der Waals surface area contributed by atoms with Crippen LogP contribution in [0, 0.1) is 5.92 Å². The Labute approximate surface area is 501 Å². The second kappa shape index (κ2) is 30.4. The minimum Gasteiger partial charge on any atom is -0.480 e. The molecule has 1 aliphatic carbocycles. The predicted octanol–water partition coefficient (Wildman–Crippen LogP) is -4.06. The number of hydrogen-bond acceptors (Lipinski definition) is 16. The first-order valence-electron chi connectivity index (χ1n) is 29.3. The van der Waals surface area contributed by atoms with Crippen molar-refractivity contribution in [3.05, 3.63) is 57.8 Å². The van der Waals surface area contributed by atoms with Crippen LogP contribution in [0.15, 0.2) is 51.8 Å². The summed E-state index contributed by atoms with van der Waals surface area (Å²) >= 11 is 1.28. The minimum atomic E-state index is -1.65. The van der Waals surface area contributed by atoms with Gasteiger partial charge in [0.15, 0.2) is 11.9 Å². The largest absolute Gasteiger partial charge is 0.480 e. The van der Waals surface area contributed by atoms with Crippen LogP contribution >= 0.6 is 11.3 Å². The summed E-state index contributed by atoms with van der Waals surface area (Å²) in [5.41, 5.74) is 29.0. The van der Waals surface area contributed by atoms with Gasteiger partial charge in [0.2, 0.25) is 53.2 Å². The minimum absolute atomic E-state index is 0.00504. The average Bonchev–Trinajstić information content (AvgIpc) is 1.72. The number of benzene rings is 1. The number of nitrogens with two attached hydrogens (primary N) is 5. The average molecular weight is 1220 g/mol. The lowest BCUT2D eigenvalue weighted by molar-refractivity contribution is -0.153. The molecule has 4 aliphatic heterocycles. The Morgan fingerprint density at radius 1 is 0.686 bits per heavy atom. The van der Waals surface area contributed by atoms with Crippen LogP contribution in [0.4, 0.5) is 0 Å². The van der Waals surface area contributed by atoms with Crippen LogP contribution in [0.25, 0.3) is 0 Å². The first-order valence-corrected chi connectivity index (χ1v) is 30.1. The number of guanidine groups is 2. The molecule has 4 fully saturated rings. The van der Waals surface area contributed by atoms with Crippen molar-refractivity contribution < 1.29 is 63.3 Å². The van der Waals surface area contributed by atoms with Gasteiger partial charge in [-0.25, -0.2) is 4.79 Å². The molecular formula is C56H82N16O13S. The SMILES string of the molecule is C[C@H](N)C(=O)N[C@@H](CCCN=C(N)N)C(=O)N1CCC[C@H]1C(=O)N1C[C@@H](O)C[C@H]1C(=O)NCC(=O)N[C@@H](Cc1cccs1)C(=O)N[C@@H](CO)C(=O)N1Cc2ccccc2C[C@@H]1C(=O)N1[C@H](C(=O)N[C@@H](CCCN=C(N)N)C(=O)O)C[C@@H]2CCCC[C@@H]21. The van der Waals surface area contributed by atoms with Crippen molar-refractivity contribution in [1.29, 1.82) is 0 Å². The highest BCUT2D eigenvalue weighted by atomic mass is 32.1. The summed E-state index contributed by atoms with van der Waals surface area (Å²) in [6.45, 7) is -0.0930. The molecule has 1 saturated carbocycles. The molecule has 86 heavy (non-hydrogen) atoms. The van der Waals surface area contributed by atoms with Gasteiger partial charge in [-0.05, 0) is 93.2 Å². The van der Waals surface area contributed by atoms with Crippen molar-refractivity contribution in [3.8, 4) is 0 Å². The Bertz CT molecular complexity index is 2850. The Morgan fingerprint density at radius 3 is 2.00 bits per heavy atom. The number of hydrogen-bond donors (Lipinski definition) is 13. The van der Waals surface area contributed by atoms with E-state index in [0.29, 0.717) is 29.7 Å². The van der Waals surface area contributed by atoms with E-state index in [1.165, 1.54) is 33.0 Å². The van der Waals surface area contributed by atoms with Gasteiger partial charge in [-0.2, -0.15) is 0 Å². The summed E-state index contributed by atoms with van der Waals surface area (Å²) in [6, 6.07) is -0.759. The molecule has 0 radical (unpaired) electrons. The number of carbonyl (C=O) groups excluding carboxylic acids is 9. The zero-order valence-electron chi connectivity index (χ0n) is 48.2. The van der Waals surface area contributed by atoms with E-state index in [4.69, 9.17) is 28.7 Å². The molecule has 3 saturated heterocycles. The number of β-amino-alcohol motifs (C(OH)–C–C–N with tert-alkyl or cyclic N) is 1. The molecular weight excluding hydrogens is 1140 g/mol. The molecule has 29 nitrogen and oxygen atoms in total. The zero-order chi connectivity index (χ0) is 62.4. The van der Waals surface area contributed by atoms with Crippen molar-refractivity contribution >= 4 is 82.4 Å². The van der Waals surface area contributed by atoms with E-state index < -0.39 is 133 Å². The maximum absolute atomic E-state index is 15.3. The number of aliphatic hydroxyl groups is 2. The third kappa shape index (κ3) is 16.7. The second-order valence-corrected chi connectivity index (χ2v) is 23.7. The summed E-state index contributed by atoms with van der Waals surface area (Å²) in [5, 5.41) is 46.5. The van der Waals surface area contributed by atoms with Gasteiger partial charge in [0.1, 0.15) is 48.3 Å². The highest BCUT2D eigenvalue weighted by molar-refractivity contribution is 7.09. The first kappa shape index (κ1) is 65.6. The smallest absolute Gasteiger partial charge is 0.326 e. The van der Waals surface area contributed by atoms with E-state index in [-0.39, 0.29) is 108 Å². The van der Waals surface area contributed by atoms with Crippen LogP contribution in [-0.2, 0) is 67.3 Å². The van der Waals surface area contributed by atoms with Gasteiger partial charge in [-0.3, -0.25) is 53.1 Å². The lowest BCUT2D eigenvalue weighted by Crippen LogP contribution is -2.63. The van der Waals surface area contributed by atoms with Gasteiger partial charge in [-0.1, -0.05) is 43.2 Å². The van der Waals surface area contributed by atoms with E-state index in [1.807, 2.05) is 6.07 Å². The number of thiophene rings is 1. The van der Waals surface area contributed by atoms with E-state index in [0.717, 1.165) is 29.7 Å². The monoisotopic (exact) mass is 1220 g/mol. The van der Waals surface area contributed by atoms with Crippen molar-refractivity contribution in [2.24, 2.45) is 44.6 Å². The number of carboxylic acid groups (broad SMARTS) is 1. The molecule has 0 bridgehead atoms. The third-order valence-corrected chi connectivity index (χ3v) is 17.4. The predicted molar refractivity (Wildman–Crippen MR) is 313 cm³/mol. The number of likely N-dealkylation sites (tertiary alicyclic amines) is 3. The fourth-order valence-corrected chi connectivity index (χ4v) is 13.0. The molecule has 5 heterocycles. The molecule has 0 spiro atoms. The fraction of sp³-hybridized carbons (Fsp3) is 0.607. The summed E-state index contributed by atoms with van der Waals surface area (Å²) in [7, 11) is 0. The molecule has 1 aromatic heterocycles. The van der Waals surface area contributed by atoms with Gasteiger partial charge in [0, 0.05) is 62.9 Å². The Morgan fingerprint density at radius 2 is 1.35 bits per heavy atom. The molecule has 9 amide bonds. The Kier molecular flexibility index (Phi) is 23.2. The van der Waals surface area contributed by atoms with E-state index in [9.17, 15) is 58.5 Å². The number of carbonyl (C=O) groups is 10. The quantitative estimate of drug-likeness (QED) is 0.0242. The summed E-state index contributed by atoms with van der Waals surface area (Å²) in [5.74, 6) is -8.02. The number of nitrogens with zero attached hydrogens (tertiary/aromatic N) is 6. The molecule has 1 aromatic carbocycles. The number of aliphatic hydroxyl groups excluding tert-OH is 2. The van der Waals surface area contributed by atoms with Crippen LogP contribution in [0.2, 0.25) is 0 Å². The number of amides is 9. The van der Waals surface area contributed by atoms with Gasteiger partial charge in [0.05, 0.1) is 25.3 Å². The van der Waals surface area contributed by atoms with Crippen molar-refractivity contribution in [2.75, 3.05) is 39.3 Å². The maximum Gasteiger partial charge on any atom is 0.326 e. The Balaban J connectivity index is 1.03. The van der Waals surface area contributed by atoms with Gasteiger partial charge >= 0.3 is 5.97 Å². The normalized spacial score (nSPS) is 23.2. The standard InChI is InChI=1S/C56H82N16O13S/c1-30(57)46(76)66-36(14-6-18-62-55(58)59)50(80)69-20-8-17-41(69)52(82)71-28-34(74)24-42(71)48(78)64-26-45(75)65-38(25-35-13-9-21-86-35)47(77)68-39(29-73)51(81)70-27-33-12-3-2-10-31(33)22-44(70)53(83)72-40-16-5-4-11-32(40)23-43(72)49(79)67-37(54(84)85)15-7-19-63-56(60)61/h2-3,9-10,12-13,21,30,32,34,36-44,73-74H,4-8,11,14-20,22-29,57H2,1H3,(H,64,78)(H,65,75)(H,66,76)(H,67,79)(H,68,77)(H,84,85)(H4,58,59,62)(H4,60,61,63)/t30-,32-,34-,36-,37-,38-,39-,40-,41-,42-,43-,44+/m0/s1. The van der Waals surface area contributed by atoms with Crippen LogP contribution in [0.3, 0.4) is 0 Å². The Hall–Kier alpha value is -7.96. The van der Waals surface area contributed by atoms with Crippen LogP contribution in [0.1, 0.15) is 100.0 Å². The van der Waals surface area contributed by atoms with E-state index >= 15 is 4.79 Å². The van der Waals surface area contributed by atoms with Gasteiger partial charge < -0.3 is 90.2 Å². The molecule has 5 aliphatic rings. The number of aliphatic imine (C=N–C) groups is 2. The highest BCUT2D eigenvalue weighted by Gasteiger charge is 2.52. The molecule has 30 heteroatoms. The van der Waals surface area contributed by atoms with Gasteiger partial charge in [-0.15, -0.1) is 11.3 Å². The maximum atomic E-state index is 15.3. The molecule has 0 unspecified atom stereocenters. The zero-order valence-corrected chi connectivity index (χ0v) is 49.0. The third-order valence-electron chi connectivity index (χ3n) is 16.5. The lowest BCUT2D eigenvalue weighted by atomic mass is 9.84. The molecule has 7 rings (SSSR count). The molecule has 12 atom stereocenters. The number of rotatable bonds is 26. The summed E-state index contributed by atoms with van der Waals surface area (Å²) in [6.07, 6.45) is 3.12. The van der Waals surface area contributed by atoms with Crippen LogP contribution in [-0.4, -0.2) is 212 Å². The number of carboxylic acids is 1. The number of aliphatic carboxylic acids is 1. The van der Waals surface area contributed by atoms with Gasteiger partial charge in [0.25, 0.3) is 0 Å². The van der Waals surface area contributed by atoms with E-state index in [1.54, 1.807) is 35.7 Å². The molecule has 470 valence electrons. The van der Waals surface area contributed by atoms with Crippen molar-refractivity contribution in [3.63, 3.8) is 0 Å². The molecule has 2 aromatic rings. The van der Waals surface area contributed by atoms with Crippen LogP contribution in [0.5, 0.6) is 0 Å². The topological polar surface area (TPSA) is 459 Å². The number of fused-ring (bicyclic) bond motifs is 2. The lowest BCUT2D eigenvalue weighted by Gasteiger charge is -2.42. The summed E-state index contributed by atoms with van der Waals surface area (Å²) in [4.78, 5) is 154. The second-order valence-electron chi connectivity index (χ2n) is 22.7.